The van der Waals surface area contributed by atoms with Crippen LogP contribution in [-0.2, 0) is 16.1 Å². The first kappa shape index (κ1) is 14.0. The molecular formula is C13H20N2O4. The lowest BCUT2D eigenvalue weighted by Crippen LogP contribution is -2.55. The number of morpholine rings is 1. The second-order valence-electron chi connectivity index (χ2n) is 4.62. The summed E-state index contributed by atoms with van der Waals surface area (Å²) in [6.45, 7) is 3.92. The molecule has 1 amide bonds. The van der Waals surface area contributed by atoms with Crippen LogP contribution in [0.25, 0.3) is 0 Å². The molecule has 2 unspecified atom stereocenters. The van der Waals surface area contributed by atoms with Crippen LogP contribution >= 0.6 is 0 Å². The van der Waals surface area contributed by atoms with Gasteiger partial charge in [-0.3, -0.25) is 9.69 Å². The highest BCUT2D eigenvalue weighted by Gasteiger charge is 2.30. The van der Waals surface area contributed by atoms with Crippen LogP contribution in [0.3, 0.4) is 0 Å². The number of carbonyl (C=O) groups is 1. The summed E-state index contributed by atoms with van der Waals surface area (Å²) in [6.07, 6.45) is 1.58. The molecule has 6 nitrogen and oxygen atoms in total. The number of hydrogen-bond donors (Lipinski definition) is 2. The fraction of sp³-hybridized carbons (Fsp3) is 0.615. The number of furan rings is 1. The Bertz CT molecular complexity index is 393. The Morgan fingerprint density at radius 1 is 1.68 bits per heavy atom. The van der Waals surface area contributed by atoms with E-state index in [1.165, 1.54) is 0 Å². The van der Waals surface area contributed by atoms with Gasteiger partial charge in [-0.05, 0) is 19.1 Å². The van der Waals surface area contributed by atoms with E-state index in [9.17, 15) is 9.90 Å². The first-order chi connectivity index (χ1) is 9.22. The molecule has 2 heterocycles. The van der Waals surface area contributed by atoms with Crippen LogP contribution in [0.2, 0.25) is 0 Å². The Labute approximate surface area is 112 Å². The molecule has 0 spiro atoms. The van der Waals surface area contributed by atoms with E-state index < -0.39 is 0 Å². The Balaban J connectivity index is 1.86. The van der Waals surface area contributed by atoms with Crippen LogP contribution < -0.4 is 5.32 Å². The number of amides is 1. The number of hydrogen-bond acceptors (Lipinski definition) is 5. The minimum absolute atomic E-state index is 0.00416. The van der Waals surface area contributed by atoms with Crippen LogP contribution in [0.5, 0.6) is 0 Å². The van der Waals surface area contributed by atoms with Crippen molar-refractivity contribution < 1.29 is 19.1 Å². The summed E-state index contributed by atoms with van der Waals surface area (Å²) in [5, 5.41) is 12.1. The first-order valence-electron chi connectivity index (χ1n) is 6.47. The second-order valence-corrected chi connectivity index (χ2v) is 4.62. The molecule has 0 saturated carbocycles. The highest BCUT2D eigenvalue weighted by Crippen LogP contribution is 2.11. The van der Waals surface area contributed by atoms with Gasteiger partial charge in [0.1, 0.15) is 5.76 Å². The van der Waals surface area contributed by atoms with E-state index in [4.69, 9.17) is 9.15 Å². The number of rotatable bonds is 5. The molecule has 1 aliphatic heterocycles. The number of ether oxygens (including phenoxy) is 1. The molecule has 1 aliphatic rings. The Hall–Kier alpha value is -1.37. The molecule has 1 saturated heterocycles. The number of aliphatic hydroxyl groups is 1. The molecule has 0 aliphatic carbocycles. The zero-order chi connectivity index (χ0) is 13.7. The molecule has 1 fully saturated rings. The third-order valence-corrected chi connectivity index (χ3v) is 3.38. The molecule has 19 heavy (non-hydrogen) atoms. The lowest BCUT2D eigenvalue weighted by atomic mass is 10.1. The SMILES string of the molecule is CC(C(=O)NCc1ccco1)N1CCOCC1CO. The van der Waals surface area contributed by atoms with Crippen LogP contribution in [0.4, 0.5) is 0 Å². The molecule has 0 bridgehead atoms. The minimum atomic E-state index is -0.295. The van der Waals surface area contributed by atoms with Crippen molar-refractivity contribution in [1.29, 1.82) is 0 Å². The molecule has 1 aromatic rings. The van der Waals surface area contributed by atoms with Gasteiger partial charge in [0.05, 0.1) is 44.7 Å². The van der Waals surface area contributed by atoms with Crippen LogP contribution in [0.1, 0.15) is 12.7 Å². The summed E-state index contributed by atoms with van der Waals surface area (Å²) in [4.78, 5) is 14.1. The summed E-state index contributed by atoms with van der Waals surface area (Å²) in [5.41, 5.74) is 0. The summed E-state index contributed by atoms with van der Waals surface area (Å²) >= 11 is 0. The zero-order valence-electron chi connectivity index (χ0n) is 11.0. The lowest BCUT2D eigenvalue weighted by molar-refractivity contribution is -0.130. The Morgan fingerprint density at radius 3 is 3.21 bits per heavy atom. The van der Waals surface area contributed by atoms with Crippen molar-refractivity contribution in [2.45, 2.75) is 25.6 Å². The van der Waals surface area contributed by atoms with Crippen LogP contribution in [0.15, 0.2) is 22.8 Å². The molecule has 6 heteroatoms. The highest BCUT2D eigenvalue weighted by atomic mass is 16.5. The van der Waals surface area contributed by atoms with Crippen molar-refractivity contribution in [3.05, 3.63) is 24.2 Å². The van der Waals surface area contributed by atoms with E-state index in [1.807, 2.05) is 17.9 Å². The topological polar surface area (TPSA) is 74.9 Å². The first-order valence-corrected chi connectivity index (χ1v) is 6.47. The Kier molecular flexibility index (Phi) is 4.95. The van der Waals surface area contributed by atoms with Gasteiger partial charge in [-0.1, -0.05) is 0 Å². The van der Waals surface area contributed by atoms with E-state index >= 15 is 0 Å². The van der Waals surface area contributed by atoms with Gasteiger partial charge in [-0.15, -0.1) is 0 Å². The molecule has 0 radical (unpaired) electrons. The second kappa shape index (κ2) is 6.70. The summed E-state index contributed by atoms with van der Waals surface area (Å²) in [5.74, 6) is 0.651. The third-order valence-electron chi connectivity index (χ3n) is 3.38. The number of nitrogens with one attached hydrogen (secondary N) is 1. The van der Waals surface area contributed by atoms with E-state index in [0.29, 0.717) is 26.3 Å². The van der Waals surface area contributed by atoms with E-state index in [-0.39, 0.29) is 24.6 Å². The molecule has 0 aromatic carbocycles. The summed E-state index contributed by atoms with van der Waals surface area (Å²) < 4.78 is 10.5. The smallest absolute Gasteiger partial charge is 0.237 e. The van der Waals surface area contributed by atoms with Crippen LogP contribution in [0, 0.1) is 0 Å². The fourth-order valence-electron chi connectivity index (χ4n) is 2.22. The molecule has 2 atom stereocenters. The number of carbonyl (C=O) groups excluding carboxylic acids is 1. The predicted octanol–water partition coefficient (Wildman–Crippen LogP) is -0.0226. The normalized spacial score (nSPS) is 22.1. The van der Waals surface area contributed by atoms with Crippen LogP contribution in [-0.4, -0.2) is 54.4 Å². The van der Waals surface area contributed by atoms with Gasteiger partial charge in [0.25, 0.3) is 0 Å². The van der Waals surface area contributed by atoms with Gasteiger partial charge in [-0.2, -0.15) is 0 Å². The van der Waals surface area contributed by atoms with Gasteiger partial charge >= 0.3 is 0 Å². The van der Waals surface area contributed by atoms with Crippen molar-refractivity contribution in [3.8, 4) is 0 Å². The number of aliphatic hydroxyl groups excluding tert-OH is 1. The zero-order valence-corrected chi connectivity index (χ0v) is 11.0. The van der Waals surface area contributed by atoms with Crippen molar-refractivity contribution >= 4 is 5.91 Å². The number of nitrogens with zero attached hydrogens (tertiary/aromatic N) is 1. The maximum absolute atomic E-state index is 12.1. The van der Waals surface area contributed by atoms with Gasteiger partial charge in [0.15, 0.2) is 0 Å². The summed E-state index contributed by atoms with van der Waals surface area (Å²) in [7, 11) is 0. The minimum Gasteiger partial charge on any atom is -0.467 e. The maximum Gasteiger partial charge on any atom is 0.237 e. The molecular weight excluding hydrogens is 248 g/mol. The molecule has 2 rings (SSSR count). The average Bonchev–Trinajstić information content (AvgIpc) is 2.97. The standard InChI is InChI=1S/C13H20N2O4/c1-10(15-4-6-18-9-11(15)8-16)13(17)14-7-12-3-2-5-19-12/h2-3,5,10-11,16H,4,6-9H2,1H3,(H,14,17). The van der Waals surface area contributed by atoms with Gasteiger partial charge < -0.3 is 19.6 Å². The van der Waals surface area contributed by atoms with Crippen molar-refractivity contribution in [2.24, 2.45) is 0 Å². The van der Waals surface area contributed by atoms with Gasteiger partial charge in [0.2, 0.25) is 5.91 Å². The summed E-state index contributed by atoms with van der Waals surface area (Å²) in [6, 6.07) is 3.19. The van der Waals surface area contributed by atoms with Crippen molar-refractivity contribution in [3.63, 3.8) is 0 Å². The van der Waals surface area contributed by atoms with Gasteiger partial charge in [-0.25, -0.2) is 0 Å². The van der Waals surface area contributed by atoms with E-state index in [1.54, 1.807) is 12.3 Å². The largest absolute Gasteiger partial charge is 0.467 e. The molecule has 106 valence electrons. The van der Waals surface area contributed by atoms with E-state index in [0.717, 1.165) is 5.76 Å². The monoisotopic (exact) mass is 268 g/mol. The van der Waals surface area contributed by atoms with Crippen molar-refractivity contribution in [1.82, 2.24) is 10.2 Å². The molecule has 1 aromatic heterocycles. The Morgan fingerprint density at radius 2 is 2.53 bits per heavy atom. The maximum atomic E-state index is 12.1. The van der Waals surface area contributed by atoms with E-state index in [2.05, 4.69) is 5.32 Å². The third kappa shape index (κ3) is 3.56. The fourth-order valence-corrected chi connectivity index (χ4v) is 2.22. The lowest BCUT2D eigenvalue weighted by Gasteiger charge is -2.37. The quantitative estimate of drug-likeness (QED) is 0.785. The molecule has 2 N–H and O–H groups in total. The average molecular weight is 268 g/mol. The predicted molar refractivity (Wildman–Crippen MR) is 68.4 cm³/mol. The highest BCUT2D eigenvalue weighted by molar-refractivity contribution is 5.81. The van der Waals surface area contributed by atoms with Gasteiger partial charge in [0, 0.05) is 6.54 Å². The van der Waals surface area contributed by atoms with Crippen molar-refractivity contribution in [2.75, 3.05) is 26.4 Å².